The van der Waals surface area contributed by atoms with Gasteiger partial charge in [0.2, 0.25) is 0 Å². The number of aliphatic hydroxyl groups is 1. The average molecular weight is 243 g/mol. The van der Waals surface area contributed by atoms with Gasteiger partial charge >= 0.3 is 0 Å². The minimum atomic E-state index is -3.48. The quantitative estimate of drug-likeness (QED) is 0.753. The Hall–Kier alpha value is -0.920. The Morgan fingerprint density at radius 3 is 2.69 bits per heavy atom. The molecule has 0 unspecified atom stereocenters. The van der Waals surface area contributed by atoms with Crippen LogP contribution in [0.4, 0.5) is 0 Å². The summed E-state index contributed by atoms with van der Waals surface area (Å²) in [5.74, 6) is 0.292. The molecule has 2 aliphatic rings. The van der Waals surface area contributed by atoms with Gasteiger partial charge in [-0.1, -0.05) is 0 Å². The molecular formula is C9H13N3O3S. The Kier molecular flexibility index (Phi) is 1.96. The van der Waals surface area contributed by atoms with Gasteiger partial charge in [-0.3, -0.25) is 0 Å². The van der Waals surface area contributed by atoms with Gasteiger partial charge in [0.1, 0.15) is 0 Å². The van der Waals surface area contributed by atoms with Crippen LogP contribution in [-0.2, 0) is 10.0 Å². The fourth-order valence-corrected chi connectivity index (χ4v) is 3.60. The number of imidazole rings is 1. The van der Waals surface area contributed by atoms with Crippen molar-refractivity contribution in [1.29, 1.82) is 0 Å². The molecule has 1 aromatic heterocycles. The van der Waals surface area contributed by atoms with Gasteiger partial charge in [-0.25, -0.2) is 13.4 Å². The third-order valence-corrected chi connectivity index (χ3v) is 5.05. The molecule has 1 aliphatic heterocycles. The summed E-state index contributed by atoms with van der Waals surface area (Å²) in [4.78, 5) is 6.27. The van der Waals surface area contributed by atoms with Crippen LogP contribution in [0.3, 0.4) is 0 Å². The number of nitrogens with one attached hydrogen (secondary N) is 1. The molecule has 0 atom stereocenters. The molecule has 2 heterocycles. The summed E-state index contributed by atoms with van der Waals surface area (Å²) < 4.78 is 25.2. The van der Waals surface area contributed by atoms with Gasteiger partial charge in [0, 0.05) is 13.1 Å². The van der Waals surface area contributed by atoms with E-state index in [-0.39, 0.29) is 18.1 Å². The highest BCUT2D eigenvalue weighted by Crippen LogP contribution is 2.45. The lowest BCUT2D eigenvalue weighted by Gasteiger charge is -2.45. The van der Waals surface area contributed by atoms with E-state index in [9.17, 15) is 13.5 Å². The van der Waals surface area contributed by atoms with E-state index in [0.29, 0.717) is 5.92 Å². The minimum Gasteiger partial charge on any atom is -0.387 e. The van der Waals surface area contributed by atoms with Crippen molar-refractivity contribution in [3.8, 4) is 0 Å². The Labute approximate surface area is 93.4 Å². The molecule has 6 nitrogen and oxygen atoms in total. The maximum atomic E-state index is 11.9. The summed E-state index contributed by atoms with van der Waals surface area (Å²) in [6.07, 6.45) is 4.63. The summed E-state index contributed by atoms with van der Waals surface area (Å²) in [5.41, 5.74) is -0.785. The van der Waals surface area contributed by atoms with Crippen LogP contribution in [0.1, 0.15) is 12.8 Å². The Morgan fingerprint density at radius 2 is 2.19 bits per heavy atom. The zero-order valence-corrected chi connectivity index (χ0v) is 9.44. The molecule has 7 heteroatoms. The van der Waals surface area contributed by atoms with Crippen molar-refractivity contribution < 1.29 is 13.5 Å². The highest BCUT2D eigenvalue weighted by Gasteiger charge is 2.55. The summed E-state index contributed by atoms with van der Waals surface area (Å²) in [6, 6.07) is 0. The molecule has 3 rings (SSSR count). The van der Waals surface area contributed by atoms with Gasteiger partial charge in [-0.2, -0.15) is 4.31 Å². The number of sulfonamides is 1. The molecule has 1 saturated carbocycles. The van der Waals surface area contributed by atoms with E-state index in [2.05, 4.69) is 9.97 Å². The highest BCUT2D eigenvalue weighted by atomic mass is 32.2. The van der Waals surface area contributed by atoms with Gasteiger partial charge in [-0.05, 0) is 18.8 Å². The fraction of sp³-hybridized carbons (Fsp3) is 0.667. The van der Waals surface area contributed by atoms with Crippen molar-refractivity contribution in [2.24, 2.45) is 5.92 Å². The normalized spacial score (nSPS) is 25.3. The van der Waals surface area contributed by atoms with E-state index in [1.165, 1.54) is 16.8 Å². The largest absolute Gasteiger partial charge is 0.387 e. The standard InChI is InChI=1S/C9H13N3O3S/c13-9(7-1-2-7)4-12(5-9)16(14,15)8-3-10-6-11-8/h3,6-7,13H,1-2,4-5H2,(H,10,11). The molecule has 0 spiro atoms. The van der Waals surface area contributed by atoms with Crippen LogP contribution < -0.4 is 0 Å². The summed E-state index contributed by atoms with van der Waals surface area (Å²) in [5, 5.41) is 10.1. The first-order valence-electron chi connectivity index (χ1n) is 5.23. The van der Waals surface area contributed by atoms with E-state index in [1.807, 2.05) is 0 Å². The lowest BCUT2D eigenvalue weighted by molar-refractivity contribution is -0.0765. The first kappa shape index (κ1) is 10.2. The predicted octanol–water partition coefficient (Wildman–Crippen LogP) is -0.445. The molecule has 1 saturated heterocycles. The smallest absolute Gasteiger partial charge is 0.260 e. The van der Waals surface area contributed by atoms with Crippen LogP contribution in [0.5, 0.6) is 0 Å². The number of aromatic amines is 1. The molecule has 1 aromatic rings. The first-order chi connectivity index (χ1) is 7.52. The zero-order chi connectivity index (χ0) is 11.4. The number of β-amino-alcohol motifs (C(OH)–C–C–N with tert-alkyl or cyclic N) is 1. The molecule has 16 heavy (non-hydrogen) atoms. The monoisotopic (exact) mass is 243 g/mol. The summed E-state index contributed by atoms with van der Waals surface area (Å²) in [6.45, 7) is 0.415. The summed E-state index contributed by atoms with van der Waals surface area (Å²) >= 11 is 0. The maximum absolute atomic E-state index is 11.9. The molecule has 88 valence electrons. The molecule has 0 bridgehead atoms. The lowest BCUT2D eigenvalue weighted by atomic mass is 9.91. The second kappa shape index (κ2) is 3.06. The maximum Gasteiger partial charge on any atom is 0.260 e. The number of hydrogen-bond acceptors (Lipinski definition) is 4. The Bertz CT molecular complexity index is 486. The highest BCUT2D eigenvalue weighted by molar-refractivity contribution is 7.89. The second-order valence-electron chi connectivity index (χ2n) is 4.57. The van der Waals surface area contributed by atoms with E-state index < -0.39 is 15.6 Å². The van der Waals surface area contributed by atoms with Crippen LogP contribution >= 0.6 is 0 Å². The Balaban J connectivity index is 1.77. The number of nitrogens with zero attached hydrogens (tertiary/aromatic N) is 2. The van der Waals surface area contributed by atoms with Crippen molar-refractivity contribution >= 4 is 10.0 Å². The third-order valence-electron chi connectivity index (χ3n) is 3.33. The molecule has 1 aliphatic carbocycles. The number of rotatable bonds is 3. The topological polar surface area (TPSA) is 86.3 Å². The van der Waals surface area contributed by atoms with Crippen molar-refractivity contribution in [1.82, 2.24) is 14.3 Å². The number of hydrogen-bond donors (Lipinski definition) is 2. The molecule has 0 radical (unpaired) electrons. The van der Waals surface area contributed by atoms with E-state index in [1.54, 1.807) is 0 Å². The van der Waals surface area contributed by atoms with Gasteiger partial charge < -0.3 is 10.1 Å². The molecule has 0 aromatic carbocycles. The fourth-order valence-electron chi connectivity index (χ4n) is 2.14. The molecule has 2 fully saturated rings. The van der Waals surface area contributed by atoms with Gasteiger partial charge in [-0.15, -0.1) is 0 Å². The van der Waals surface area contributed by atoms with Crippen molar-refractivity contribution in [2.75, 3.05) is 13.1 Å². The number of aromatic nitrogens is 2. The molecule has 0 amide bonds. The molecular weight excluding hydrogens is 230 g/mol. The Morgan fingerprint density at radius 1 is 1.50 bits per heavy atom. The zero-order valence-electron chi connectivity index (χ0n) is 8.63. The van der Waals surface area contributed by atoms with Crippen molar-refractivity contribution in [3.63, 3.8) is 0 Å². The van der Waals surface area contributed by atoms with Gasteiger partial charge in [0.25, 0.3) is 10.0 Å². The first-order valence-corrected chi connectivity index (χ1v) is 6.67. The summed E-state index contributed by atoms with van der Waals surface area (Å²) in [7, 11) is -3.48. The minimum absolute atomic E-state index is 0.0883. The second-order valence-corrected chi connectivity index (χ2v) is 6.47. The SMILES string of the molecule is O=S(=O)(c1cnc[nH]1)N1CC(O)(C2CC2)C1. The van der Waals surface area contributed by atoms with Crippen LogP contribution in [0, 0.1) is 5.92 Å². The van der Waals surface area contributed by atoms with E-state index >= 15 is 0 Å². The van der Waals surface area contributed by atoms with Crippen LogP contribution in [-0.4, -0.2) is 46.5 Å². The average Bonchev–Trinajstić information content (AvgIpc) is 2.88. The molecule has 2 N–H and O–H groups in total. The van der Waals surface area contributed by atoms with Crippen molar-refractivity contribution in [3.05, 3.63) is 12.5 Å². The van der Waals surface area contributed by atoms with Crippen LogP contribution in [0.15, 0.2) is 17.6 Å². The number of H-pyrrole nitrogens is 1. The van der Waals surface area contributed by atoms with Gasteiger partial charge in [0.15, 0.2) is 5.03 Å². The van der Waals surface area contributed by atoms with E-state index in [4.69, 9.17) is 0 Å². The third kappa shape index (κ3) is 1.39. The van der Waals surface area contributed by atoms with Crippen LogP contribution in [0.25, 0.3) is 0 Å². The van der Waals surface area contributed by atoms with Crippen LogP contribution in [0.2, 0.25) is 0 Å². The predicted molar refractivity (Wildman–Crippen MR) is 55.0 cm³/mol. The van der Waals surface area contributed by atoms with Gasteiger partial charge in [0.05, 0.1) is 18.1 Å². The lowest BCUT2D eigenvalue weighted by Crippen LogP contribution is -2.64. The van der Waals surface area contributed by atoms with Crippen molar-refractivity contribution in [2.45, 2.75) is 23.5 Å². The van der Waals surface area contributed by atoms with E-state index in [0.717, 1.165) is 12.8 Å².